The molecule has 3 aromatic rings. The SMILES string of the molecule is O=C(NCc1ccco1)[C@@H]1CC[C@H](c2ccc(F)cc2)N(C(=O)Nc2ccccc2)C1. The first-order valence-corrected chi connectivity index (χ1v) is 10.3. The van der Waals surface area contributed by atoms with E-state index >= 15 is 0 Å². The van der Waals surface area contributed by atoms with Crippen molar-refractivity contribution >= 4 is 17.6 Å². The van der Waals surface area contributed by atoms with Crippen LogP contribution < -0.4 is 10.6 Å². The number of likely N-dealkylation sites (tertiary alicyclic amines) is 1. The van der Waals surface area contributed by atoms with E-state index in [-0.39, 0.29) is 36.3 Å². The van der Waals surface area contributed by atoms with Crippen LogP contribution in [-0.4, -0.2) is 23.4 Å². The predicted octanol–water partition coefficient (Wildman–Crippen LogP) is 4.72. The Morgan fingerprint density at radius 2 is 1.77 bits per heavy atom. The molecule has 1 aliphatic heterocycles. The Labute approximate surface area is 180 Å². The number of hydrogen-bond acceptors (Lipinski definition) is 3. The highest BCUT2D eigenvalue weighted by Crippen LogP contribution is 2.34. The number of hydrogen-bond donors (Lipinski definition) is 2. The zero-order chi connectivity index (χ0) is 21.6. The van der Waals surface area contributed by atoms with Crippen molar-refractivity contribution in [3.63, 3.8) is 0 Å². The fourth-order valence-corrected chi connectivity index (χ4v) is 3.89. The van der Waals surface area contributed by atoms with Crippen molar-refractivity contribution in [2.75, 3.05) is 11.9 Å². The predicted molar refractivity (Wildman–Crippen MR) is 115 cm³/mol. The number of carbonyl (C=O) groups excluding carboxylic acids is 2. The number of anilines is 1. The number of amides is 3. The summed E-state index contributed by atoms with van der Waals surface area (Å²) in [7, 11) is 0. The second-order valence-electron chi connectivity index (χ2n) is 7.59. The molecule has 31 heavy (non-hydrogen) atoms. The monoisotopic (exact) mass is 421 g/mol. The molecule has 4 rings (SSSR count). The van der Waals surface area contributed by atoms with Gasteiger partial charge in [0.25, 0.3) is 0 Å². The summed E-state index contributed by atoms with van der Waals surface area (Å²) in [5.74, 6) is -0.110. The number of rotatable bonds is 5. The third-order valence-electron chi connectivity index (χ3n) is 5.51. The number of benzene rings is 2. The van der Waals surface area contributed by atoms with Gasteiger partial charge in [-0.05, 0) is 54.8 Å². The highest BCUT2D eigenvalue weighted by atomic mass is 19.1. The van der Waals surface area contributed by atoms with Gasteiger partial charge in [0, 0.05) is 12.2 Å². The van der Waals surface area contributed by atoms with Gasteiger partial charge in [-0.15, -0.1) is 0 Å². The molecule has 1 aliphatic rings. The van der Waals surface area contributed by atoms with Crippen molar-refractivity contribution in [3.8, 4) is 0 Å². The van der Waals surface area contributed by atoms with E-state index in [0.29, 0.717) is 30.8 Å². The second-order valence-corrected chi connectivity index (χ2v) is 7.59. The van der Waals surface area contributed by atoms with E-state index < -0.39 is 0 Å². The van der Waals surface area contributed by atoms with E-state index in [1.807, 2.05) is 30.3 Å². The van der Waals surface area contributed by atoms with Crippen molar-refractivity contribution in [1.29, 1.82) is 0 Å². The van der Waals surface area contributed by atoms with Gasteiger partial charge in [0.2, 0.25) is 5.91 Å². The standard InChI is InChI=1S/C24H24FN3O3/c25-19-11-8-17(9-12-19)22-13-10-18(23(29)26-15-21-7-4-14-31-21)16-28(22)24(30)27-20-5-2-1-3-6-20/h1-9,11-12,14,18,22H,10,13,15-16H2,(H,26,29)(H,27,30)/t18-,22-/m1/s1. The highest BCUT2D eigenvalue weighted by molar-refractivity contribution is 5.90. The lowest BCUT2D eigenvalue weighted by Gasteiger charge is -2.39. The molecule has 2 atom stereocenters. The molecule has 7 heteroatoms. The van der Waals surface area contributed by atoms with Crippen molar-refractivity contribution in [1.82, 2.24) is 10.2 Å². The molecule has 6 nitrogen and oxygen atoms in total. The van der Waals surface area contributed by atoms with Crippen LogP contribution in [-0.2, 0) is 11.3 Å². The van der Waals surface area contributed by atoms with Crippen molar-refractivity contribution in [2.24, 2.45) is 5.92 Å². The van der Waals surface area contributed by atoms with E-state index in [4.69, 9.17) is 4.42 Å². The van der Waals surface area contributed by atoms with E-state index in [2.05, 4.69) is 10.6 Å². The van der Waals surface area contributed by atoms with Gasteiger partial charge in [-0.3, -0.25) is 4.79 Å². The second kappa shape index (κ2) is 9.47. The molecule has 0 spiro atoms. The quantitative estimate of drug-likeness (QED) is 0.626. The van der Waals surface area contributed by atoms with Crippen LogP contribution in [0.3, 0.4) is 0 Å². The summed E-state index contributed by atoms with van der Waals surface area (Å²) >= 11 is 0. The lowest BCUT2D eigenvalue weighted by molar-refractivity contribution is -0.127. The van der Waals surface area contributed by atoms with Crippen molar-refractivity contribution in [3.05, 3.63) is 90.1 Å². The number of nitrogens with zero attached hydrogens (tertiary/aromatic N) is 1. The maximum Gasteiger partial charge on any atom is 0.322 e. The normalized spacial score (nSPS) is 18.4. The van der Waals surface area contributed by atoms with Gasteiger partial charge in [0.15, 0.2) is 0 Å². The van der Waals surface area contributed by atoms with Crippen LogP contribution in [0.15, 0.2) is 77.4 Å². The summed E-state index contributed by atoms with van der Waals surface area (Å²) in [4.78, 5) is 27.5. The zero-order valence-corrected chi connectivity index (χ0v) is 17.0. The maximum atomic E-state index is 13.4. The molecule has 3 amide bonds. The topological polar surface area (TPSA) is 74.6 Å². The molecule has 1 fully saturated rings. The number of carbonyl (C=O) groups is 2. The Balaban J connectivity index is 1.49. The first-order chi connectivity index (χ1) is 15.1. The molecule has 1 aromatic heterocycles. The summed E-state index contributed by atoms with van der Waals surface area (Å²) in [5.41, 5.74) is 1.52. The molecule has 160 valence electrons. The van der Waals surface area contributed by atoms with Gasteiger partial charge in [-0.1, -0.05) is 30.3 Å². The number of nitrogens with one attached hydrogen (secondary N) is 2. The van der Waals surface area contributed by atoms with Gasteiger partial charge < -0.3 is 20.0 Å². The van der Waals surface area contributed by atoms with Gasteiger partial charge in [-0.2, -0.15) is 0 Å². The number of para-hydroxylation sites is 1. The third kappa shape index (κ3) is 5.12. The number of halogens is 1. The molecule has 2 N–H and O–H groups in total. The van der Waals surface area contributed by atoms with Gasteiger partial charge in [-0.25, -0.2) is 9.18 Å². The van der Waals surface area contributed by atoms with Crippen molar-refractivity contribution < 1.29 is 18.4 Å². The van der Waals surface area contributed by atoms with Crippen molar-refractivity contribution in [2.45, 2.75) is 25.4 Å². The van der Waals surface area contributed by atoms with Crippen LogP contribution >= 0.6 is 0 Å². The minimum atomic E-state index is -0.340. The van der Waals surface area contributed by atoms with Crippen LogP contribution in [0.2, 0.25) is 0 Å². The van der Waals surface area contributed by atoms with Crippen LogP contribution in [0.25, 0.3) is 0 Å². The summed E-state index contributed by atoms with van der Waals surface area (Å²) < 4.78 is 18.7. The molecule has 0 radical (unpaired) electrons. The molecule has 2 heterocycles. The molecule has 0 bridgehead atoms. The summed E-state index contributed by atoms with van der Waals surface area (Å²) in [5, 5.41) is 5.79. The van der Waals surface area contributed by atoms with E-state index in [1.54, 1.807) is 35.4 Å². The maximum absolute atomic E-state index is 13.4. The van der Waals surface area contributed by atoms with Gasteiger partial charge in [0.05, 0.1) is 24.8 Å². The first-order valence-electron chi connectivity index (χ1n) is 10.3. The molecule has 0 unspecified atom stereocenters. The molecular formula is C24H24FN3O3. The average Bonchev–Trinajstić information content (AvgIpc) is 3.32. The first kappa shape index (κ1) is 20.7. The minimum Gasteiger partial charge on any atom is -0.467 e. The largest absolute Gasteiger partial charge is 0.467 e. The number of piperidine rings is 1. The van der Waals surface area contributed by atoms with Crippen LogP contribution in [0.5, 0.6) is 0 Å². The Morgan fingerprint density at radius 1 is 1.00 bits per heavy atom. The van der Waals surface area contributed by atoms with Crippen LogP contribution in [0.4, 0.5) is 14.9 Å². The molecular weight excluding hydrogens is 397 g/mol. The lowest BCUT2D eigenvalue weighted by atomic mass is 9.88. The van der Waals surface area contributed by atoms with Crippen LogP contribution in [0, 0.1) is 11.7 Å². The Kier molecular flexibility index (Phi) is 6.31. The molecule has 1 saturated heterocycles. The smallest absolute Gasteiger partial charge is 0.322 e. The summed E-state index contributed by atoms with van der Waals surface area (Å²) in [6, 6.07) is 18.4. The van der Waals surface area contributed by atoms with E-state index in [1.165, 1.54) is 12.1 Å². The number of urea groups is 1. The fraction of sp³-hybridized carbons (Fsp3) is 0.250. The van der Waals surface area contributed by atoms with Gasteiger partial charge >= 0.3 is 6.03 Å². The Bertz CT molecular complexity index is 1010. The zero-order valence-electron chi connectivity index (χ0n) is 17.0. The van der Waals surface area contributed by atoms with E-state index in [0.717, 1.165) is 5.56 Å². The molecule has 2 aromatic carbocycles. The fourth-order valence-electron chi connectivity index (χ4n) is 3.89. The minimum absolute atomic E-state index is 0.119. The molecule has 0 saturated carbocycles. The Hall–Kier alpha value is -3.61. The third-order valence-corrected chi connectivity index (χ3v) is 5.51. The Morgan fingerprint density at radius 3 is 2.48 bits per heavy atom. The van der Waals surface area contributed by atoms with E-state index in [9.17, 15) is 14.0 Å². The van der Waals surface area contributed by atoms with Crippen LogP contribution in [0.1, 0.15) is 30.2 Å². The molecule has 0 aliphatic carbocycles. The lowest BCUT2D eigenvalue weighted by Crippen LogP contribution is -2.48. The highest BCUT2D eigenvalue weighted by Gasteiger charge is 2.35. The summed E-state index contributed by atoms with van der Waals surface area (Å²) in [6.45, 7) is 0.574. The van der Waals surface area contributed by atoms with Gasteiger partial charge in [0.1, 0.15) is 11.6 Å². The average molecular weight is 421 g/mol. The summed E-state index contributed by atoms with van der Waals surface area (Å²) in [6.07, 6.45) is 2.79. The number of furan rings is 1.